The Hall–Kier alpha value is -0.410. The molecule has 0 aromatic carbocycles. The van der Waals surface area contributed by atoms with Crippen LogP contribution in [0.3, 0.4) is 0 Å². The zero-order chi connectivity index (χ0) is 9.31. The van der Waals surface area contributed by atoms with Gasteiger partial charge in [0.15, 0.2) is 0 Å². The van der Waals surface area contributed by atoms with E-state index in [4.69, 9.17) is 0 Å². The quantitative estimate of drug-likeness (QED) is 0.805. The molecule has 1 aromatic rings. The van der Waals surface area contributed by atoms with Crippen LogP contribution >= 0.6 is 11.3 Å². The first kappa shape index (κ1) is 9.16. The molecule has 0 unspecified atom stereocenters. The number of nitrogens with zero attached hydrogens (tertiary/aromatic N) is 1. The molecule has 1 aliphatic rings. The molecule has 1 aliphatic carbocycles. The molecule has 13 heavy (non-hydrogen) atoms. The standard InChI is InChI=1S/C10H15NOS/c1-8-6-13-9(11-8)5-10(7-12)3-2-4-10/h6,12H,2-5,7H2,1H3. The summed E-state index contributed by atoms with van der Waals surface area (Å²) >= 11 is 1.72. The Morgan fingerprint density at radius 2 is 2.38 bits per heavy atom. The fraction of sp³-hybridized carbons (Fsp3) is 0.700. The van der Waals surface area contributed by atoms with E-state index in [0.717, 1.165) is 12.1 Å². The second kappa shape index (κ2) is 3.39. The predicted molar refractivity (Wildman–Crippen MR) is 53.9 cm³/mol. The molecule has 0 amide bonds. The van der Waals surface area contributed by atoms with Crippen LogP contribution in [0.5, 0.6) is 0 Å². The van der Waals surface area contributed by atoms with Gasteiger partial charge in [-0.1, -0.05) is 6.42 Å². The van der Waals surface area contributed by atoms with Crippen molar-refractivity contribution < 1.29 is 5.11 Å². The van der Waals surface area contributed by atoms with Gasteiger partial charge < -0.3 is 5.11 Å². The number of aryl methyl sites for hydroxylation is 1. The van der Waals surface area contributed by atoms with Crippen molar-refractivity contribution in [2.75, 3.05) is 6.61 Å². The van der Waals surface area contributed by atoms with Gasteiger partial charge in [0.05, 0.1) is 5.01 Å². The summed E-state index contributed by atoms with van der Waals surface area (Å²) in [6.07, 6.45) is 4.58. The van der Waals surface area contributed by atoms with Crippen LogP contribution in [0.4, 0.5) is 0 Å². The van der Waals surface area contributed by atoms with Gasteiger partial charge >= 0.3 is 0 Å². The average Bonchev–Trinajstić information content (AvgIpc) is 2.44. The Labute approximate surface area is 82.6 Å². The smallest absolute Gasteiger partial charge is 0.0934 e. The molecule has 0 bridgehead atoms. The molecule has 1 saturated carbocycles. The zero-order valence-electron chi connectivity index (χ0n) is 7.92. The predicted octanol–water partition coefficient (Wildman–Crippen LogP) is 2.16. The summed E-state index contributed by atoms with van der Waals surface area (Å²) in [5, 5.41) is 12.6. The second-order valence-electron chi connectivity index (χ2n) is 4.07. The molecular weight excluding hydrogens is 182 g/mol. The Balaban J connectivity index is 2.04. The molecule has 2 nitrogen and oxygen atoms in total. The summed E-state index contributed by atoms with van der Waals surface area (Å²) in [4.78, 5) is 4.43. The molecule has 3 heteroatoms. The third-order valence-electron chi connectivity index (χ3n) is 2.94. The summed E-state index contributed by atoms with van der Waals surface area (Å²) in [5.41, 5.74) is 1.29. The molecule has 0 atom stereocenters. The monoisotopic (exact) mass is 197 g/mol. The third kappa shape index (κ3) is 1.76. The maximum Gasteiger partial charge on any atom is 0.0934 e. The van der Waals surface area contributed by atoms with E-state index in [0.29, 0.717) is 6.61 Å². The van der Waals surface area contributed by atoms with Gasteiger partial charge in [-0.05, 0) is 25.2 Å². The molecule has 1 aromatic heterocycles. The van der Waals surface area contributed by atoms with Crippen LogP contribution < -0.4 is 0 Å². The van der Waals surface area contributed by atoms with Crippen molar-refractivity contribution >= 4 is 11.3 Å². The lowest BCUT2D eigenvalue weighted by molar-refractivity contribution is 0.0449. The van der Waals surface area contributed by atoms with Gasteiger partial charge in [-0.25, -0.2) is 4.98 Å². The van der Waals surface area contributed by atoms with E-state index in [9.17, 15) is 5.11 Å². The Bertz CT molecular complexity index is 285. The number of aliphatic hydroxyl groups excluding tert-OH is 1. The van der Waals surface area contributed by atoms with Gasteiger partial charge in [0, 0.05) is 24.1 Å². The number of aromatic nitrogens is 1. The highest BCUT2D eigenvalue weighted by Gasteiger charge is 2.37. The van der Waals surface area contributed by atoms with Gasteiger partial charge in [-0.3, -0.25) is 0 Å². The highest BCUT2D eigenvalue weighted by atomic mass is 32.1. The van der Waals surface area contributed by atoms with Crippen LogP contribution in [0, 0.1) is 12.3 Å². The van der Waals surface area contributed by atoms with E-state index in [1.54, 1.807) is 11.3 Å². The average molecular weight is 197 g/mol. The zero-order valence-corrected chi connectivity index (χ0v) is 8.73. The molecule has 1 heterocycles. The van der Waals surface area contributed by atoms with Crippen LogP contribution in [-0.4, -0.2) is 16.7 Å². The van der Waals surface area contributed by atoms with Crippen LogP contribution in [0.25, 0.3) is 0 Å². The molecule has 0 radical (unpaired) electrons. The van der Waals surface area contributed by atoms with Gasteiger partial charge in [-0.15, -0.1) is 11.3 Å². The lowest BCUT2D eigenvalue weighted by atomic mass is 9.67. The third-order valence-corrected chi connectivity index (χ3v) is 3.91. The van der Waals surface area contributed by atoms with Crippen LogP contribution in [0.1, 0.15) is 30.0 Å². The summed E-state index contributed by atoms with van der Waals surface area (Å²) in [5.74, 6) is 0. The number of rotatable bonds is 3. The molecule has 72 valence electrons. The Morgan fingerprint density at radius 3 is 2.77 bits per heavy atom. The molecule has 1 N–H and O–H groups in total. The SMILES string of the molecule is Cc1csc(CC2(CO)CCC2)n1. The van der Waals surface area contributed by atoms with Crippen LogP contribution in [-0.2, 0) is 6.42 Å². The fourth-order valence-corrected chi connectivity index (χ4v) is 2.82. The van der Waals surface area contributed by atoms with Gasteiger partial charge in [-0.2, -0.15) is 0 Å². The molecule has 0 saturated heterocycles. The van der Waals surface area contributed by atoms with Crippen molar-refractivity contribution in [3.05, 3.63) is 16.1 Å². The topological polar surface area (TPSA) is 33.1 Å². The van der Waals surface area contributed by atoms with Crippen molar-refractivity contribution in [2.45, 2.75) is 32.6 Å². The maximum absolute atomic E-state index is 9.28. The number of aliphatic hydroxyl groups is 1. The van der Waals surface area contributed by atoms with Crippen molar-refractivity contribution in [1.29, 1.82) is 0 Å². The van der Waals surface area contributed by atoms with Gasteiger partial charge in [0.25, 0.3) is 0 Å². The summed E-state index contributed by atoms with van der Waals surface area (Å²) < 4.78 is 0. The van der Waals surface area contributed by atoms with Crippen molar-refractivity contribution in [1.82, 2.24) is 4.98 Å². The van der Waals surface area contributed by atoms with Crippen molar-refractivity contribution in [2.24, 2.45) is 5.41 Å². The lowest BCUT2D eigenvalue weighted by Crippen LogP contribution is -2.35. The molecular formula is C10H15NOS. The van der Waals surface area contributed by atoms with E-state index < -0.39 is 0 Å². The first-order chi connectivity index (χ1) is 6.24. The molecule has 1 fully saturated rings. The Morgan fingerprint density at radius 1 is 1.62 bits per heavy atom. The normalized spacial score (nSPS) is 19.8. The van der Waals surface area contributed by atoms with Crippen LogP contribution in [0.15, 0.2) is 5.38 Å². The summed E-state index contributed by atoms with van der Waals surface area (Å²) in [7, 11) is 0. The lowest BCUT2D eigenvalue weighted by Gasteiger charge is -2.39. The van der Waals surface area contributed by atoms with Crippen molar-refractivity contribution in [3.63, 3.8) is 0 Å². The second-order valence-corrected chi connectivity index (χ2v) is 5.01. The van der Waals surface area contributed by atoms with E-state index >= 15 is 0 Å². The molecule has 2 rings (SSSR count). The fourth-order valence-electron chi connectivity index (χ4n) is 1.87. The van der Waals surface area contributed by atoms with Gasteiger partial charge in [0.1, 0.15) is 0 Å². The first-order valence-corrected chi connectivity index (χ1v) is 5.64. The van der Waals surface area contributed by atoms with Crippen LogP contribution in [0.2, 0.25) is 0 Å². The molecule has 0 spiro atoms. The number of hydrogen-bond donors (Lipinski definition) is 1. The van der Waals surface area contributed by atoms with Gasteiger partial charge in [0.2, 0.25) is 0 Å². The number of hydrogen-bond acceptors (Lipinski definition) is 3. The van der Waals surface area contributed by atoms with E-state index in [-0.39, 0.29) is 5.41 Å². The highest BCUT2D eigenvalue weighted by Crippen LogP contribution is 2.43. The van der Waals surface area contributed by atoms with Crippen molar-refractivity contribution in [3.8, 4) is 0 Å². The summed E-state index contributed by atoms with van der Waals surface area (Å²) in [6.45, 7) is 2.35. The van der Waals surface area contributed by atoms with E-state index in [1.165, 1.54) is 24.3 Å². The Kier molecular flexibility index (Phi) is 2.39. The maximum atomic E-state index is 9.28. The minimum absolute atomic E-state index is 0.185. The minimum Gasteiger partial charge on any atom is -0.396 e. The first-order valence-electron chi connectivity index (χ1n) is 4.76. The van der Waals surface area contributed by atoms with E-state index in [2.05, 4.69) is 10.4 Å². The summed E-state index contributed by atoms with van der Waals surface area (Å²) in [6, 6.07) is 0. The van der Waals surface area contributed by atoms with E-state index in [1.807, 2.05) is 6.92 Å². The minimum atomic E-state index is 0.185. The molecule has 0 aliphatic heterocycles. The highest BCUT2D eigenvalue weighted by molar-refractivity contribution is 7.09. The largest absolute Gasteiger partial charge is 0.396 e. The number of thiazole rings is 1.